The van der Waals surface area contributed by atoms with Crippen LogP contribution in [-0.2, 0) is 12.7 Å². The number of alkyl halides is 3. The van der Waals surface area contributed by atoms with Gasteiger partial charge < -0.3 is 11.1 Å². The van der Waals surface area contributed by atoms with Crippen LogP contribution >= 0.6 is 0 Å². The van der Waals surface area contributed by atoms with E-state index in [1.165, 1.54) is 12.1 Å². The summed E-state index contributed by atoms with van der Waals surface area (Å²) < 4.78 is 37.9. The Kier molecular flexibility index (Phi) is 5.54. The highest BCUT2D eigenvalue weighted by Crippen LogP contribution is 2.30. The molecule has 0 aliphatic carbocycles. The first-order valence-corrected chi connectivity index (χ1v) is 7.43. The maximum absolute atomic E-state index is 12.6. The zero-order chi connectivity index (χ0) is 16.9. The monoisotopic (exact) mass is 324 g/mol. The lowest BCUT2D eigenvalue weighted by Gasteiger charge is -2.10. The number of hydrogen-bond acceptors (Lipinski definition) is 4. The number of anilines is 1. The molecule has 0 fully saturated rings. The standard InChI is InChI=1S/C16H19F3N4/c1-2-3-8-21-15-22-13(10-20)9-14(23-15)11-4-6-12(7-5-11)16(17,18)19/h4-7,9H,2-3,8,10,20H2,1H3,(H,21,22,23). The third-order valence-electron chi connectivity index (χ3n) is 3.31. The molecule has 0 bridgehead atoms. The van der Waals surface area contributed by atoms with Crippen molar-refractivity contribution in [2.75, 3.05) is 11.9 Å². The second kappa shape index (κ2) is 7.41. The van der Waals surface area contributed by atoms with E-state index in [0.717, 1.165) is 31.5 Å². The fraction of sp³-hybridized carbons (Fsp3) is 0.375. The molecule has 0 aliphatic rings. The Bertz CT molecular complexity index is 639. The van der Waals surface area contributed by atoms with Crippen LogP contribution in [0.1, 0.15) is 31.0 Å². The molecule has 1 aromatic carbocycles. The third-order valence-corrected chi connectivity index (χ3v) is 3.31. The fourth-order valence-corrected chi connectivity index (χ4v) is 2.04. The Hall–Kier alpha value is -2.15. The predicted molar refractivity (Wildman–Crippen MR) is 83.8 cm³/mol. The van der Waals surface area contributed by atoms with Crippen LogP contribution in [0.25, 0.3) is 11.3 Å². The van der Waals surface area contributed by atoms with E-state index in [1.54, 1.807) is 6.07 Å². The van der Waals surface area contributed by atoms with Gasteiger partial charge in [-0.15, -0.1) is 0 Å². The predicted octanol–water partition coefficient (Wildman–Crippen LogP) is 3.83. The Morgan fingerprint density at radius 2 is 1.83 bits per heavy atom. The van der Waals surface area contributed by atoms with Crippen molar-refractivity contribution in [2.24, 2.45) is 5.73 Å². The van der Waals surface area contributed by atoms with Gasteiger partial charge in [-0.05, 0) is 24.6 Å². The lowest BCUT2D eigenvalue weighted by molar-refractivity contribution is -0.137. The lowest BCUT2D eigenvalue weighted by atomic mass is 10.1. The molecule has 7 heteroatoms. The van der Waals surface area contributed by atoms with E-state index in [-0.39, 0.29) is 6.54 Å². The summed E-state index contributed by atoms with van der Waals surface area (Å²) in [4.78, 5) is 8.64. The second-order valence-corrected chi connectivity index (χ2v) is 5.13. The van der Waals surface area contributed by atoms with Crippen LogP contribution < -0.4 is 11.1 Å². The number of nitrogens with two attached hydrogens (primary N) is 1. The average Bonchev–Trinajstić information content (AvgIpc) is 2.54. The topological polar surface area (TPSA) is 63.8 Å². The van der Waals surface area contributed by atoms with Crippen LogP contribution in [-0.4, -0.2) is 16.5 Å². The zero-order valence-electron chi connectivity index (χ0n) is 12.8. The Balaban J connectivity index is 2.28. The quantitative estimate of drug-likeness (QED) is 0.793. The molecule has 0 spiro atoms. The van der Waals surface area contributed by atoms with Gasteiger partial charge in [-0.25, -0.2) is 9.97 Å². The number of benzene rings is 1. The molecule has 0 unspecified atom stereocenters. The minimum Gasteiger partial charge on any atom is -0.354 e. The summed E-state index contributed by atoms with van der Waals surface area (Å²) in [5, 5.41) is 3.11. The minimum atomic E-state index is -4.35. The van der Waals surface area contributed by atoms with Crippen LogP contribution in [0.2, 0.25) is 0 Å². The van der Waals surface area contributed by atoms with E-state index in [2.05, 4.69) is 22.2 Å². The molecule has 0 amide bonds. The molecule has 4 nitrogen and oxygen atoms in total. The summed E-state index contributed by atoms with van der Waals surface area (Å²) in [6, 6.07) is 6.59. The first-order chi connectivity index (χ1) is 10.9. The Morgan fingerprint density at radius 1 is 1.13 bits per heavy atom. The number of halogens is 3. The highest BCUT2D eigenvalue weighted by molar-refractivity contribution is 5.61. The van der Waals surface area contributed by atoms with Crippen LogP contribution in [0.15, 0.2) is 30.3 Å². The van der Waals surface area contributed by atoms with Crippen molar-refractivity contribution in [3.63, 3.8) is 0 Å². The number of hydrogen-bond donors (Lipinski definition) is 2. The van der Waals surface area contributed by atoms with E-state index < -0.39 is 11.7 Å². The molecule has 0 aliphatic heterocycles. The van der Waals surface area contributed by atoms with E-state index in [9.17, 15) is 13.2 Å². The van der Waals surface area contributed by atoms with Gasteiger partial charge in [0.05, 0.1) is 17.0 Å². The van der Waals surface area contributed by atoms with Gasteiger partial charge in [-0.3, -0.25) is 0 Å². The van der Waals surface area contributed by atoms with Gasteiger partial charge in [0.2, 0.25) is 5.95 Å². The number of nitrogens with one attached hydrogen (secondary N) is 1. The summed E-state index contributed by atoms with van der Waals surface area (Å²) in [7, 11) is 0. The second-order valence-electron chi connectivity index (χ2n) is 5.13. The van der Waals surface area contributed by atoms with Crippen LogP contribution in [0.4, 0.5) is 19.1 Å². The summed E-state index contributed by atoms with van der Waals surface area (Å²) >= 11 is 0. The van der Waals surface area contributed by atoms with Crippen molar-refractivity contribution >= 4 is 5.95 Å². The lowest BCUT2D eigenvalue weighted by Crippen LogP contribution is -2.09. The van der Waals surface area contributed by atoms with Gasteiger partial charge in [-0.1, -0.05) is 25.5 Å². The summed E-state index contributed by atoms with van der Waals surface area (Å²) in [6.45, 7) is 3.04. The summed E-state index contributed by atoms with van der Waals surface area (Å²) in [5.74, 6) is 0.441. The van der Waals surface area contributed by atoms with Crippen molar-refractivity contribution in [1.29, 1.82) is 0 Å². The van der Waals surface area contributed by atoms with Gasteiger partial charge in [0.25, 0.3) is 0 Å². The number of rotatable bonds is 6. The molecule has 1 heterocycles. The third kappa shape index (κ3) is 4.66. The van der Waals surface area contributed by atoms with Crippen molar-refractivity contribution in [2.45, 2.75) is 32.5 Å². The maximum atomic E-state index is 12.6. The van der Waals surface area contributed by atoms with E-state index >= 15 is 0 Å². The molecule has 0 radical (unpaired) electrons. The molecule has 2 aromatic rings. The van der Waals surface area contributed by atoms with E-state index in [0.29, 0.717) is 22.9 Å². The van der Waals surface area contributed by atoms with Crippen LogP contribution in [0, 0.1) is 0 Å². The molecule has 23 heavy (non-hydrogen) atoms. The van der Waals surface area contributed by atoms with Gasteiger partial charge in [0.15, 0.2) is 0 Å². The molecule has 1 aromatic heterocycles. The molecule has 0 saturated carbocycles. The molecule has 124 valence electrons. The molecule has 2 rings (SSSR count). The summed E-state index contributed by atoms with van der Waals surface area (Å²) in [6.07, 6.45) is -2.33. The minimum absolute atomic E-state index is 0.235. The van der Waals surface area contributed by atoms with Crippen molar-refractivity contribution in [1.82, 2.24) is 9.97 Å². The van der Waals surface area contributed by atoms with E-state index in [4.69, 9.17) is 5.73 Å². The maximum Gasteiger partial charge on any atom is 0.416 e. The number of unbranched alkanes of at least 4 members (excludes halogenated alkanes) is 1. The van der Waals surface area contributed by atoms with Crippen LogP contribution in [0.3, 0.4) is 0 Å². The van der Waals surface area contributed by atoms with Crippen molar-refractivity contribution in [3.8, 4) is 11.3 Å². The van der Waals surface area contributed by atoms with Crippen molar-refractivity contribution < 1.29 is 13.2 Å². The molecular formula is C16H19F3N4. The normalized spacial score (nSPS) is 11.5. The smallest absolute Gasteiger partial charge is 0.354 e. The van der Waals surface area contributed by atoms with Gasteiger partial charge in [-0.2, -0.15) is 13.2 Å². The first-order valence-electron chi connectivity index (χ1n) is 7.43. The Labute approximate surface area is 133 Å². The van der Waals surface area contributed by atoms with Gasteiger partial charge >= 0.3 is 6.18 Å². The highest BCUT2D eigenvalue weighted by atomic mass is 19.4. The molecular weight excluding hydrogens is 305 g/mol. The van der Waals surface area contributed by atoms with Gasteiger partial charge in [0, 0.05) is 18.7 Å². The average molecular weight is 324 g/mol. The largest absolute Gasteiger partial charge is 0.416 e. The zero-order valence-corrected chi connectivity index (χ0v) is 12.8. The highest BCUT2D eigenvalue weighted by Gasteiger charge is 2.30. The van der Waals surface area contributed by atoms with E-state index in [1.807, 2.05) is 0 Å². The molecule has 0 atom stereocenters. The molecule has 0 saturated heterocycles. The van der Waals surface area contributed by atoms with Gasteiger partial charge in [0.1, 0.15) is 0 Å². The van der Waals surface area contributed by atoms with Crippen molar-refractivity contribution in [3.05, 3.63) is 41.6 Å². The Morgan fingerprint density at radius 3 is 2.39 bits per heavy atom. The SMILES string of the molecule is CCCCNc1nc(CN)cc(-c2ccc(C(F)(F)F)cc2)n1. The number of aromatic nitrogens is 2. The first kappa shape index (κ1) is 17.2. The molecule has 3 N–H and O–H groups in total. The number of nitrogens with zero attached hydrogens (tertiary/aromatic N) is 2. The van der Waals surface area contributed by atoms with Crippen LogP contribution in [0.5, 0.6) is 0 Å². The summed E-state index contributed by atoms with van der Waals surface area (Å²) in [5.41, 5.74) is 6.72. The fourth-order valence-electron chi connectivity index (χ4n) is 2.04.